The van der Waals surface area contributed by atoms with Gasteiger partial charge in [-0.05, 0) is 30.2 Å². The van der Waals surface area contributed by atoms with Crippen LogP contribution >= 0.6 is 0 Å². The Balaban J connectivity index is 1.94. The third-order valence-corrected chi connectivity index (χ3v) is 4.41. The number of hydrogen-bond donors (Lipinski definition) is 5. The molecule has 0 radical (unpaired) electrons. The maximum atomic E-state index is 12.2. The largest absolute Gasteiger partial charge is 0.497 e. The number of aromatic nitrogens is 3. The molecule has 1 aliphatic heterocycles. The summed E-state index contributed by atoms with van der Waals surface area (Å²) in [6.45, 7) is 0.639. The molecule has 3 heterocycles. The number of aromatic hydroxyl groups is 1. The van der Waals surface area contributed by atoms with E-state index < -0.39 is 23.2 Å². The van der Waals surface area contributed by atoms with E-state index in [1.165, 1.54) is 0 Å². The number of fused-ring (bicyclic) bond motifs is 3. The molecule has 124 valence electrons. The van der Waals surface area contributed by atoms with E-state index >= 15 is 0 Å². The van der Waals surface area contributed by atoms with Crippen molar-refractivity contribution in [2.75, 3.05) is 13.7 Å². The molecule has 1 aromatic carbocycles. The van der Waals surface area contributed by atoms with Gasteiger partial charge in [-0.15, -0.1) is 0 Å². The fraction of sp³-hybridized carbons (Fsp3) is 0.250. The van der Waals surface area contributed by atoms with Crippen molar-refractivity contribution in [3.05, 3.63) is 55.9 Å². The van der Waals surface area contributed by atoms with Crippen molar-refractivity contribution in [2.45, 2.75) is 12.5 Å². The standard InChI is InChI=1S/C16H16N4O4/c1-24-7-2-3-10-9(6-7)8-4-5-17-13(12(8)18-10)11-14(21)19-16(23)20-15(11)22/h2-3,6,13,17-18H,4-5H2,1H3,(H3,19,20,21,22,23). The summed E-state index contributed by atoms with van der Waals surface area (Å²) >= 11 is 0. The summed E-state index contributed by atoms with van der Waals surface area (Å²) < 4.78 is 5.28. The van der Waals surface area contributed by atoms with E-state index in [1.807, 2.05) is 18.2 Å². The van der Waals surface area contributed by atoms with E-state index in [-0.39, 0.29) is 5.56 Å². The monoisotopic (exact) mass is 328 g/mol. The lowest BCUT2D eigenvalue weighted by molar-refractivity contribution is 0.415. The molecule has 0 bridgehead atoms. The number of H-pyrrole nitrogens is 3. The Morgan fingerprint density at radius 1 is 1.21 bits per heavy atom. The Kier molecular flexibility index (Phi) is 3.20. The van der Waals surface area contributed by atoms with Crippen molar-refractivity contribution in [3.63, 3.8) is 0 Å². The molecule has 5 N–H and O–H groups in total. The molecular formula is C16H16N4O4. The van der Waals surface area contributed by atoms with Gasteiger partial charge in [-0.1, -0.05) is 0 Å². The first kappa shape index (κ1) is 14.6. The van der Waals surface area contributed by atoms with Crippen LogP contribution in [0.15, 0.2) is 27.8 Å². The van der Waals surface area contributed by atoms with Gasteiger partial charge in [0.05, 0.1) is 13.2 Å². The normalized spacial score (nSPS) is 17.0. The van der Waals surface area contributed by atoms with Crippen LogP contribution in [0, 0.1) is 0 Å². The van der Waals surface area contributed by atoms with E-state index in [9.17, 15) is 14.7 Å². The first-order valence-electron chi connectivity index (χ1n) is 7.56. The summed E-state index contributed by atoms with van der Waals surface area (Å²) in [5, 5.41) is 14.3. The van der Waals surface area contributed by atoms with Crippen molar-refractivity contribution < 1.29 is 9.84 Å². The molecule has 2 aromatic heterocycles. The van der Waals surface area contributed by atoms with E-state index in [0.29, 0.717) is 6.54 Å². The molecule has 0 saturated carbocycles. The predicted octanol–water partition coefficient (Wildman–Crippen LogP) is 0.494. The lowest BCUT2D eigenvalue weighted by Gasteiger charge is -2.24. The zero-order valence-corrected chi connectivity index (χ0v) is 12.9. The second kappa shape index (κ2) is 5.27. The zero-order valence-electron chi connectivity index (χ0n) is 12.9. The van der Waals surface area contributed by atoms with Gasteiger partial charge in [0, 0.05) is 23.1 Å². The van der Waals surface area contributed by atoms with Gasteiger partial charge < -0.3 is 20.1 Å². The molecule has 0 aliphatic carbocycles. The molecule has 8 heteroatoms. The molecule has 4 rings (SSSR count). The first-order chi connectivity index (χ1) is 11.6. The third-order valence-electron chi connectivity index (χ3n) is 4.41. The minimum atomic E-state index is -0.737. The highest BCUT2D eigenvalue weighted by molar-refractivity contribution is 5.86. The van der Waals surface area contributed by atoms with Crippen LogP contribution in [-0.4, -0.2) is 33.7 Å². The SMILES string of the molecule is COc1ccc2[nH]c3c(c2c1)CCNC3c1c(O)[nH]c(=O)[nH]c1=O. The summed E-state index contributed by atoms with van der Waals surface area (Å²) in [5.41, 5.74) is 1.54. The quantitative estimate of drug-likeness (QED) is 0.468. The average molecular weight is 328 g/mol. The molecule has 3 aromatic rings. The fourth-order valence-electron chi connectivity index (χ4n) is 3.33. The Labute approximate surface area is 135 Å². The van der Waals surface area contributed by atoms with Crippen LogP contribution in [0.4, 0.5) is 0 Å². The number of nitrogens with one attached hydrogen (secondary N) is 4. The average Bonchev–Trinajstić information content (AvgIpc) is 2.92. The molecule has 0 amide bonds. The van der Waals surface area contributed by atoms with Gasteiger partial charge in [0.25, 0.3) is 5.56 Å². The van der Waals surface area contributed by atoms with Crippen LogP contribution in [0.1, 0.15) is 22.9 Å². The predicted molar refractivity (Wildman–Crippen MR) is 87.7 cm³/mol. The summed E-state index contributed by atoms with van der Waals surface area (Å²) in [6, 6.07) is 5.19. The minimum Gasteiger partial charge on any atom is -0.497 e. The molecule has 0 saturated heterocycles. The zero-order chi connectivity index (χ0) is 16.8. The lowest BCUT2D eigenvalue weighted by atomic mass is 9.95. The molecule has 8 nitrogen and oxygen atoms in total. The van der Waals surface area contributed by atoms with Crippen molar-refractivity contribution in [3.8, 4) is 11.6 Å². The van der Waals surface area contributed by atoms with Crippen LogP contribution in [0.2, 0.25) is 0 Å². The number of ether oxygens (including phenoxy) is 1. The molecular weight excluding hydrogens is 312 g/mol. The number of rotatable bonds is 2. The van der Waals surface area contributed by atoms with Gasteiger partial charge >= 0.3 is 5.69 Å². The molecule has 1 unspecified atom stereocenters. The van der Waals surface area contributed by atoms with Crippen LogP contribution in [-0.2, 0) is 6.42 Å². The molecule has 1 aliphatic rings. The summed E-state index contributed by atoms with van der Waals surface area (Å²) in [7, 11) is 1.61. The maximum absolute atomic E-state index is 12.2. The topological polar surface area (TPSA) is 123 Å². The van der Waals surface area contributed by atoms with E-state index in [4.69, 9.17) is 4.74 Å². The van der Waals surface area contributed by atoms with Gasteiger partial charge in [-0.2, -0.15) is 0 Å². The van der Waals surface area contributed by atoms with Crippen molar-refractivity contribution in [1.82, 2.24) is 20.3 Å². The molecule has 24 heavy (non-hydrogen) atoms. The smallest absolute Gasteiger partial charge is 0.328 e. The summed E-state index contributed by atoms with van der Waals surface area (Å²) in [6.07, 6.45) is 0.779. The van der Waals surface area contributed by atoms with Crippen molar-refractivity contribution in [2.24, 2.45) is 0 Å². The lowest BCUT2D eigenvalue weighted by Crippen LogP contribution is -2.36. The number of benzene rings is 1. The second-order valence-corrected chi connectivity index (χ2v) is 5.74. The first-order valence-corrected chi connectivity index (χ1v) is 7.56. The van der Waals surface area contributed by atoms with Crippen LogP contribution in [0.25, 0.3) is 10.9 Å². The molecule has 0 spiro atoms. The van der Waals surface area contributed by atoms with Crippen LogP contribution in [0.5, 0.6) is 11.6 Å². The van der Waals surface area contributed by atoms with Gasteiger partial charge in [-0.25, -0.2) is 4.79 Å². The molecule has 1 atom stereocenters. The minimum absolute atomic E-state index is 0.0917. The highest BCUT2D eigenvalue weighted by atomic mass is 16.5. The maximum Gasteiger partial charge on any atom is 0.328 e. The number of methoxy groups -OCH3 is 1. The van der Waals surface area contributed by atoms with Crippen LogP contribution in [0.3, 0.4) is 0 Å². The highest BCUT2D eigenvalue weighted by Crippen LogP contribution is 2.35. The summed E-state index contributed by atoms with van der Waals surface area (Å²) in [4.78, 5) is 31.2. The van der Waals surface area contributed by atoms with Gasteiger partial charge in [0.15, 0.2) is 0 Å². The van der Waals surface area contributed by atoms with Gasteiger partial charge in [0.1, 0.15) is 11.3 Å². The highest BCUT2D eigenvalue weighted by Gasteiger charge is 2.29. The number of aromatic amines is 3. The second-order valence-electron chi connectivity index (χ2n) is 5.74. The Hall–Kier alpha value is -3.00. The van der Waals surface area contributed by atoms with Crippen LogP contribution < -0.4 is 21.3 Å². The molecule has 0 fully saturated rings. The van der Waals surface area contributed by atoms with E-state index in [2.05, 4.69) is 20.3 Å². The number of hydrogen-bond acceptors (Lipinski definition) is 5. The van der Waals surface area contributed by atoms with E-state index in [0.717, 1.165) is 34.3 Å². The van der Waals surface area contributed by atoms with Crippen molar-refractivity contribution >= 4 is 10.9 Å². The van der Waals surface area contributed by atoms with Gasteiger partial charge in [-0.3, -0.25) is 14.8 Å². The fourth-order valence-corrected chi connectivity index (χ4v) is 3.33. The van der Waals surface area contributed by atoms with E-state index in [1.54, 1.807) is 7.11 Å². The Morgan fingerprint density at radius 2 is 2.04 bits per heavy atom. The summed E-state index contributed by atoms with van der Waals surface area (Å²) in [5.74, 6) is 0.328. The Bertz CT molecular complexity index is 1050. The van der Waals surface area contributed by atoms with Crippen molar-refractivity contribution in [1.29, 1.82) is 0 Å². The Morgan fingerprint density at radius 3 is 2.79 bits per heavy atom. The third kappa shape index (κ3) is 2.11. The van der Waals surface area contributed by atoms with Gasteiger partial charge in [0.2, 0.25) is 5.88 Å².